The first-order valence-corrected chi connectivity index (χ1v) is 23.2. The lowest BCUT2D eigenvalue weighted by Crippen LogP contribution is -2.43. The summed E-state index contributed by atoms with van der Waals surface area (Å²) in [6, 6.07) is 32.8. The molecule has 1 saturated heterocycles. The van der Waals surface area contributed by atoms with Crippen LogP contribution >= 0.6 is 0 Å². The fourth-order valence-corrected chi connectivity index (χ4v) is 9.39. The molecule has 0 radical (unpaired) electrons. The predicted octanol–water partition coefficient (Wildman–Crippen LogP) is 10.5. The van der Waals surface area contributed by atoms with Crippen molar-refractivity contribution in [1.29, 1.82) is 0 Å². The van der Waals surface area contributed by atoms with Crippen LogP contribution in [0.5, 0.6) is 0 Å². The molecular formula is C52H66N8O2. The molecule has 10 nitrogen and oxygen atoms in total. The highest BCUT2D eigenvalue weighted by molar-refractivity contribution is 5.86. The average Bonchev–Trinajstić information content (AvgIpc) is 4.09. The fourth-order valence-electron chi connectivity index (χ4n) is 9.39. The van der Waals surface area contributed by atoms with Crippen LogP contribution < -0.4 is 0 Å². The molecule has 2 aromatic heterocycles. The molecule has 2 amide bonds. The smallest absolute Gasteiger partial charge is 0.245 e. The lowest BCUT2D eigenvalue weighted by atomic mass is 9.94. The molecule has 0 spiro atoms. The molecule has 0 saturated carbocycles. The van der Waals surface area contributed by atoms with Gasteiger partial charge >= 0.3 is 0 Å². The number of benzene rings is 4. The van der Waals surface area contributed by atoms with Crippen LogP contribution in [0.3, 0.4) is 0 Å². The van der Waals surface area contributed by atoms with Gasteiger partial charge in [0.25, 0.3) is 0 Å². The Balaban J connectivity index is 1.12. The van der Waals surface area contributed by atoms with Crippen LogP contribution in [0.2, 0.25) is 0 Å². The van der Waals surface area contributed by atoms with Gasteiger partial charge in [0.2, 0.25) is 11.8 Å². The standard InChI is InChI=1S/C52H66N8O2/c1-7-13-21-41-33-39(27-29-42(41)45-35-53-47(54-45)36-59(31-8-2)51(61)48(57(9-3)10-4)37-22-16-14-17-23-37)40-28-30-43-44(34-40)56-50(55-43)46-26-20-32-60(46)52(62)49(58(11-5)12-6)38-24-18-15-19-25-38/h14-19,22-25,27-30,33-35,46,48-49H,7-13,20-21,26,31-32,36H2,1-6H3,(H,53,54)(H,55,56)/t46-,48+,49+/m0/s1. The Kier molecular flexibility index (Phi) is 15.1. The van der Waals surface area contributed by atoms with E-state index in [4.69, 9.17) is 9.97 Å². The maximum atomic E-state index is 14.4. The number of likely N-dealkylation sites (N-methyl/N-ethyl adjacent to an activating group) is 2. The van der Waals surface area contributed by atoms with Crippen LogP contribution in [0, 0.1) is 0 Å². The van der Waals surface area contributed by atoms with Gasteiger partial charge in [-0.25, -0.2) is 9.97 Å². The van der Waals surface area contributed by atoms with Gasteiger partial charge in [0, 0.05) is 18.7 Å². The minimum atomic E-state index is -0.343. The average molecular weight is 835 g/mol. The fraction of sp³-hybridized carbons (Fsp3) is 0.423. The van der Waals surface area contributed by atoms with E-state index in [9.17, 15) is 9.59 Å². The Hall–Kier alpha value is -5.58. The molecule has 10 heteroatoms. The van der Waals surface area contributed by atoms with Crippen molar-refractivity contribution < 1.29 is 9.59 Å². The highest BCUT2D eigenvalue weighted by Crippen LogP contribution is 2.37. The summed E-state index contributed by atoms with van der Waals surface area (Å²) in [5.41, 5.74) is 9.54. The van der Waals surface area contributed by atoms with E-state index in [0.717, 1.165) is 127 Å². The van der Waals surface area contributed by atoms with Crippen LogP contribution in [0.1, 0.15) is 120 Å². The van der Waals surface area contributed by atoms with Crippen LogP contribution in [-0.2, 0) is 22.6 Å². The topological polar surface area (TPSA) is 104 Å². The second kappa shape index (κ2) is 21.0. The number of nitrogens with zero attached hydrogens (tertiary/aromatic N) is 6. The monoisotopic (exact) mass is 835 g/mol. The Bertz CT molecular complexity index is 2360. The van der Waals surface area contributed by atoms with Gasteiger partial charge in [-0.05, 0) is 98.2 Å². The minimum Gasteiger partial charge on any atom is -0.340 e. The summed E-state index contributed by atoms with van der Waals surface area (Å²) >= 11 is 0. The first kappa shape index (κ1) is 44.5. The highest BCUT2D eigenvalue weighted by atomic mass is 16.2. The SMILES string of the molecule is CCCCc1cc(-c2ccc3nc([C@@H]4CCCN4C(=O)[C@@H](c4ccccc4)N(CC)CC)[nH]c3c2)ccc1-c1cnc(CN(CCC)C(=O)[C@@H](c2ccccc2)N(CC)CC)[nH]1. The number of aromatic nitrogens is 4. The van der Waals surface area contributed by atoms with Crippen molar-refractivity contribution in [2.45, 2.75) is 105 Å². The van der Waals surface area contributed by atoms with E-state index >= 15 is 0 Å². The van der Waals surface area contributed by atoms with Crippen molar-refractivity contribution in [3.63, 3.8) is 0 Å². The van der Waals surface area contributed by atoms with E-state index in [1.54, 1.807) is 0 Å². The van der Waals surface area contributed by atoms with E-state index in [1.807, 2.05) is 47.5 Å². The van der Waals surface area contributed by atoms with Crippen molar-refractivity contribution >= 4 is 22.8 Å². The van der Waals surface area contributed by atoms with Gasteiger partial charge in [0.05, 0.1) is 35.5 Å². The second-order valence-electron chi connectivity index (χ2n) is 16.6. The summed E-state index contributed by atoms with van der Waals surface area (Å²) < 4.78 is 0. The number of hydrogen-bond donors (Lipinski definition) is 2. The van der Waals surface area contributed by atoms with Crippen molar-refractivity contribution in [1.82, 2.24) is 39.5 Å². The highest BCUT2D eigenvalue weighted by Gasteiger charge is 2.38. The van der Waals surface area contributed by atoms with Gasteiger partial charge in [-0.15, -0.1) is 0 Å². The van der Waals surface area contributed by atoms with Crippen molar-refractivity contribution in [2.75, 3.05) is 39.3 Å². The van der Waals surface area contributed by atoms with Crippen LogP contribution in [-0.4, -0.2) is 90.6 Å². The molecule has 4 aromatic carbocycles. The zero-order valence-electron chi connectivity index (χ0n) is 37.7. The molecule has 6 aromatic rings. The predicted molar refractivity (Wildman–Crippen MR) is 251 cm³/mol. The van der Waals surface area contributed by atoms with Gasteiger partial charge in [-0.3, -0.25) is 19.4 Å². The lowest BCUT2D eigenvalue weighted by Gasteiger charge is -2.34. The summed E-state index contributed by atoms with van der Waals surface area (Å²) in [4.78, 5) is 54.5. The molecule has 0 bridgehead atoms. The molecule has 3 atom stereocenters. The third-order valence-electron chi connectivity index (χ3n) is 12.7. The summed E-state index contributed by atoms with van der Waals surface area (Å²) in [7, 11) is 0. The van der Waals surface area contributed by atoms with Gasteiger partial charge < -0.3 is 19.8 Å². The number of likely N-dealkylation sites (tertiary alicyclic amines) is 1. The number of carbonyl (C=O) groups is 2. The molecule has 62 heavy (non-hydrogen) atoms. The third-order valence-corrected chi connectivity index (χ3v) is 12.7. The van der Waals surface area contributed by atoms with E-state index in [0.29, 0.717) is 13.1 Å². The lowest BCUT2D eigenvalue weighted by molar-refractivity contribution is -0.139. The number of H-pyrrole nitrogens is 2. The molecule has 7 rings (SSSR count). The minimum absolute atomic E-state index is 0.0980. The maximum absolute atomic E-state index is 14.4. The van der Waals surface area contributed by atoms with Gasteiger partial charge in [0.15, 0.2) is 0 Å². The first-order chi connectivity index (χ1) is 30.3. The number of imidazole rings is 2. The molecule has 0 unspecified atom stereocenters. The number of hydrogen-bond acceptors (Lipinski definition) is 6. The molecule has 1 aliphatic heterocycles. The molecule has 3 heterocycles. The van der Waals surface area contributed by atoms with Crippen LogP contribution in [0.15, 0.2) is 103 Å². The van der Waals surface area contributed by atoms with E-state index in [1.165, 1.54) is 5.56 Å². The number of carbonyl (C=O) groups excluding carboxylic acids is 2. The third kappa shape index (κ3) is 9.72. The molecule has 1 fully saturated rings. The van der Waals surface area contributed by atoms with Crippen molar-refractivity contribution in [3.8, 4) is 22.4 Å². The quantitative estimate of drug-likeness (QED) is 0.0794. The number of rotatable bonds is 20. The summed E-state index contributed by atoms with van der Waals surface area (Å²) in [6.07, 6.45) is 7.71. The largest absolute Gasteiger partial charge is 0.340 e. The summed E-state index contributed by atoms with van der Waals surface area (Å²) in [5.74, 6) is 1.89. The van der Waals surface area contributed by atoms with Gasteiger partial charge in [-0.2, -0.15) is 0 Å². The Morgan fingerprint density at radius 1 is 0.758 bits per heavy atom. The van der Waals surface area contributed by atoms with E-state index < -0.39 is 0 Å². The zero-order valence-corrected chi connectivity index (χ0v) is 37.7. The van der Waals surface area contributed by atoms with Crippen molar-refractivity contribution in [2.24, 2.45) is 0 Å². The van der Waals surface area contributed by atoms with Gasteiger partial charge in [0.1, 0.15) is 23.7 Å². The maximum Gasteiger partial charge on any atom is 0.245 e. The Labute approximate surface area is 368 Å². The molecule has 326 valence electrons. The summed E-state index contributed by atoms with van der Waals surface area (Å²) in [6.45, 7) is 17.8. The molecule has 0 aliphatic carbocycles. The molecule has 2 N–H and O–H groups in total. The number of aromatic amines is 2. The normalized spacial score (nSPS) is 15.2. The Morgan fingerprint density at radius 2 is 1.40 bits per heavy atom. The Morgan fingerprint density at radius 3 is 2.06 bits per heavy atom. The van der Waals surface area contributed by atoms with E-state index in [-0.39, 0.29) is 29.9 Å². The first-order valence-electron chi connectivity index (χ1n) is 23.2. The molecular weight excluding hydrogens is 769 g/mol. The van der Waals surface area contributed by atoms with Gasteiger partial charge in [-0.1, -0.05) is 133 Å². The van der Waals surface area contributed by atoms with Crippen LogP contribution in [0.25, 0.3) is 33.4 Å². The number of nitrogens with one attached hydrogen (secondary N) is 2. The number of unbranched alkanes of at least 4 members (excludes halogenated alkanes) is 1. The zero-order chi connectivity index (χ0) is 43.6. The second-order valence-corrected chi connectivity index (χ2v) is 16.6. The van der Waals surface area contributed by atoms with E-state index in [2.05, 4.69) is 127 Å². The number of amides is 2. The number of aryl methyl sites for hydroxylation is 1. The van der Waals surface area contributed by atoms with Crippen molar-refractivity contribution in [3.05, 3.63) is 132 Å². The number of fused-ring (bicyclic) bond motifs is 1. The molecule has 1 aliphatic rings. The van der Waals surface area contributed by atoms with Crippen LogP contribution in [0.4, 0.5) is 0 Å². The summed E-state index contributed by atoms with van der Waals surface area (Å²) in [5, 5.41) is 0.